The van der Waals surface area contributed by atoms with Crippen molar-refractivity contribution in [3.63, 3.8) is 0 Å². The van der Waals surface area contributed by atoms with E-state index in [-0.39, 0.29) is 24.3 Å². The number of nitrogens with one attached hydrogen (secondary N) is 1. The zero-order valence-electron chi connectivity index (χ0n) is 15.6. The first kappa shape index (κ1) is 17.7. The van der Waals surface area contributed by atoms with Crippen LogP contribution >= 0.6 is 0 Å². The summed E-state index contributed by atoms with van der Waals surface area (Å²) >= 11 is 0. The lowest BCUT2D eigenvalue weighted by molar-refractivity contribution is -0.139. The Balaban J connectivity index is 1.30. The fourth-order valence-corrected chi connectivity index (χ4v) is 4.07. The Hall–Kier alpha value is -2.70. The molecule has 1 aromatic heterocycles. The van der Waals surface area contributed by atoms with Gasteiger partial charge in [0.1, 0.15) is 5.82 Å². The van der Waals surface area contributed by atoms with E-state index in [2.05, 4.69) is 27.3 Å². The quantitative estimate of drug-likeness (QED) is 0.894. The normalized spacial score (nSPS) is 21.1. The van der Waals surface area contributed by atoms with Crippen LogP contribution in [0.3, 0.4) is 0 Å². The fourth-order valence-electron chi connectivity index (χ4n) is 4.07. The SMILES string of the molecule is Cc1nc(C2CCN(C(=O)CN3C[C@H](c4ccccc4)CC3=O)CC2)n[nH]1. The first-order valence-corrected chi connectivity index (χ1v) is 9.59. The number of hydrogen-bond donors (Lipinski definition) is 1. The van der Waals surface area contributed by atoms with E-state index in [9.17, 15) is 9.59 Å². The smallest absolute Gasteiger partial charge is 0.242 e. The Bertz CT molecular complexity index is 811. The zero-order valence-corrected chi connectivity index (χ0v) is 15.6. The number of nitrogens with zero attached hydrogens (tertiary/aromatic N) is 4. The van der Waals surface area contributed by atoms with Gasteiger partial charge in [-0.25, -0.2) is 4.98 Å². The van der Waals surface area contributed by atoms with Gasteiger partial charge in [-0.1, -0.05) is 30.3 Å². The second-order valence-electron chi connectivity index (χ2n) is 7.52. The van der Waals surface area contributed by atoms with Gasteiger partial charge in [0, 0.05) is 37.9 Å². The lowest BCUT2D eigenvalue weighted by Gasteiger charge is -2.32. The summed E-state index contributed by atoms with van der Waals surface area (Å²) in [6, 6.07) is 10.1. The van der Waals surface area contributed by atoms with Crippen molar-refractivity contribution in [2.45, 2.75) is 38.0 Å². The van der Waals surface area contributed by atoms with E-state index in [4.69, 9.17) is 0 Å². The van der Waals surface area contributed by atoms with Gasteiger partial charge in [0.25, 0.3) is 0 Å². The number of piperidine rings is 1. The predicted octanol–water partition coefficient (Wildman–Crippen LogP) is 1.84. The van der Waals surface area contributed by atoms with Gasteiger partial charge in [-0.05, 0) is 25.3 Å². The molecule has 1 aromatic carbocycles. The van der Waals surface area contributed by atoms with Crippen molar-refractivity contribution in [1.82, 2.24) is 25.0 Å². The number of benzene rings is 1. The predicted molar refractivity (Wildman–Crippen MR) is 100 cm³/mol. The highest BCUT2D eigenvalue weighted by Crippen LogP contribution is 2.29. The second-order valence-corrected chi connectivity index (χ2v) is 7.52. The molecule has 2 amide bonds. The number of aryl methyl sites for hydroxylation is 1. The van der Waals surface area contributed by atoms with E-state index in [1.54, 1.807) is 4.90 Å². The summed E-state index contributed by atoms with van der Waals surface area (Å²) < 4.78 is 0. The summed E-state index contributed by atoms with van der Waals surface area (Å²) in [7, 11) is 0. The highest BCUT2D eigenvalue weighted by atomic mass is 16.2. The van der Waals surface area contributed by atoms with E-state index in [1.165, 1.54) is 5.56 Å². The molecule has 142 valence electrons. The molecule has 0 spiro atoms. The summed E-state index contributed by atoms with van der Waals surface area (Å²) in [6.07, 6.45) is 2.22. The van der Waals surface area contributed by atoms with Crippen molar-refractivity contribution >= 4 is 11.8 Å². The summed E-state index contributed by atoms with van der Waals surface area (Å²) in [5, 5.41) is 7.13. The molecule has 2 aromatic rings. The summed E-state index contributed by atoms with van der Waals surface area (Å²) in [6.45, 7) is 4.10. The molecule has 1 N–H and O–H groups in total. The Kier molecular flexibility index (Phi) is 4.92. The van der Waals surface area contributed by atoms with Gasteiger partial charge in [0.15, 0.2) is 5.82 Å². The molecule has 2 aliphatic heterocycles. The van der Waals surface area contributed by atoms with Gasteiger partial charge in [-0.3, -0.25) is 14.7 Å². The molecule has 0 aliphatic carbocycles. The van der Waals surface area contributed by atoms with Crippen LogP contribution in [0.25, 0.3) is 0 Å². The van der Waals surface area contributed by atoms with Crippen LogP contribution < -0.4 is 0 Å². The van der Waals surface area contributed by atoms with E-state index in [1.807, 2.05) is 30.0 Å². The Morgan fingerprint density at radius 2 is 1.93 bits per heavy atom. The van der Waals surface area contributed by atoms with Crippen LogP contribution in [0, 0.1) is 6.92 Å². The summed E-state index contributed by atoms with van der Waals surface area (Å²) in [4.78, 5) is 33.0. The van der Waals surface area contributed by atoms with Crippen LogP contribution in [0.1, 0.15) is 48.3 Å². The van der Waals surface area contributed by atoms with Gasteiger partial charge in [-0.15, -0.1) is 0 Å². The first-order chi connectivity index (χ1) is 13.1. The number of likely N-dealkylation sites (tertiary alicyclic amines) is 2. The maximum atomic E-state index is 12.7. The van der Waals surface area contributed by atoms with Crippen LogP contribution in [0.2, 0.25) is 0 Å². The average Bonchev–Trinajstić information content (AvgIpc) is 3.29. The fraction of sp³-hybridized carbons (Fsp3) is 0.500. The lowest BCUT2D eigenvalue weighted by atomic mass is 9.96. The molecular formula is C20H25N5O2. The number of aromatic nitrogens is 3. The third-order valence-corrected chi connectivity index (χ3v) is 5.64. The number of rotatable bonds is 4. The van der Waals surface area contributed by atoms with Crippen LogP contribution in [-0.2, 0) is 9.59 Å². The molecule has 0 bridgehead atoms. The molecule has 0 saturated carbocycles. The topological polar surface area (TPSA) is 82.2 Å². The van der Waals surface area contributed by atoms with E-state index in [0.717, 1.165) is 24.5 Å². The molecule has 0 radical (unpaired) electrons. The number of amides is 2. The third-order valence-electron chi connectivity index (χ3n) is 5.64. The summed E-state index contributed by atoms with van der Waals surface area (Å²) in [5.74, 6) is 2.27. The van der Waals surface area contributed by atoms with Gasteiger partial charge in [0.2, 0.25) is 11.8 Å². The molecule has 2 aliphatic rings. The second kappa shape index (κ2) is 7.50. The maximum absolute atomic E-state index is 12.7. The van der Waals surface area contributed by atoms with Gasteiger partial charge < -0.3 is 9.80 Å². The van der Waals surface area contributed by atoms with E-state index < -0.39 is 0 Å². The average molecular weight is 367 g/mol. The van der Waals surface area contributed by atoms with Crippen LogP contribution in [0.4, 0.5) is 0 Å². The van der Waals surface area contributed by atoms with Crippen molar-refractivity contribution in [1.29, 1.82) is 0 Å². The van der Waals surface area contributed by atoms with Crippen molar-refractivity contribution < 1.29 is 9.59 Å². The lowest BCUT2D eigenvalue weighted by Crippen LogP contribution is -2.44. The molecule has 27 heavy (non-hydrogen) atoms. The molecule has 7 heteroatoms. The minimum atomic E-state index is 0.0432. The zero-order chi connectivity index (χ0) is 18.8. The molecule has 3 heterocycles. The molecule has 4 rings (SSSR count). The summed E-state index contributed by atoms with van der Waals surface area (Å²) in [5.41, 5.74) is 1.17. The number of carbonyl (C=O) groups is 2. The van der Waals surface area contributed by atoms with Crippen molar-refractivity contribution in [3.05, 3.63) is 47.5 Å². The van der Waals surface area contributed by atoms with Crippen LogP contribution in [-0.4, -0.2) is 63.0 Å². The molecule has 7 nitrogen and oxygen atoms in total. The monoisotopic (exact) mass is 367 g/mol. The maximum Gasteiger partial charge on any atom is 0.242 e. The number of carbonyl (C=O) groups excluding carboxylic acids is 2. The molecular weight excluding hydrogens is 342 g/mol. The van der Waals surface area contributed by atoms with Crippen molar-refractivity contribution in [2.24, 2.45) is 0 Å². The Labute approximate surface area is 158 Å². The molecule has 0 unspecified atom stereocenters. The number of H-pyrrole nitrogens is 1. The van der Waals surface area contributed by atoms with Crippen molar-refractivity contribution in [3.8, 4) is 0 Å². The third kappa shape index (κ3) is 3.86. The van der Waals surface area contributed by atoms with Crippen LogP contribution in [0.15, 0.2) is 30.3 Å². The van der Waals surface area contributed by atoms with Gasteiger partial charge in [-0.2, -0.15) is 5.10 Å². The number of hydrogen-bond acceptors (Lipinski definition) is 4. The molecule has 2 saturated heterocycles. The van der Waals surface area contributed by atoms with Gasteiger partial charge >= 0.3 is 0 Å². The highest BCUT2D eigenvalue weighted by molar-refractivity contribution is 5.86. The molecule has 1 atom stereocenters. The standard InChI is InChI=1S/C20H25N5O2/c1-14-21-20(23-22-14)16-7-9-24(10-8-16)19(27)13-25-12-17(11-18(25)26)15-5-3-2-4-6-15/h2-6,16-17H,7-13H2,1H3,(H,21,22,23)/t17-/m1/s1. The Morgan fingerprint density at radius 3 is 2.59 bits per heavy atom. The molecule has 2 fully saturated rings. The minimum Gasteiger partial charge on any atom is -0.341 e. The van der Waals surface area contributed by atoms with Crippen molar-refractivity contribution in [2.75, 3.05) is 26.2 Å². The minimum absolute atomic E-state index is 0.0432. The number of aromatic amines is 1. The highest BCUT2D eigenvalue weighted by Gasteiger charge is 2.33. The van der Waals surface area contributed by atoms with E-state index >= 15 is 0 Å². The first-order valence-electron chi connectivity index (χ1n) is 9.59. The van der Waals surface area contributed by atoms with E-state index in [0.29, 0.717) is 32.0 Å². The van der Waals surface area contributed by atoms with Gasteiger partial charge in [0.05, 0.1) is 6.54 Å². The largest absolute Gasteiger partial charge is 0.341 e. The van der Waals surface area contributed by atoms with Crippen LogP contribution in [0.5, 0.6) is 0 Å². The Morgan fingerprint density at radius 1 is 1.19 bits per heavy atom.